The second kappa shape index (κ2) is 7.79. The number of halogens is 2. The molecule has 0 amide bonds. The Morgan fingerprint density at radius 3 is 2.67 bits per heavy atom. The van der Waals surface area contributed by atoms with Crippen molar-refractivity contribution in [2.45, 2.75) is 32.7 Å². The minimum absolute atomic E-state index is 0.0128. The highest BCUT2D eigenvalue weighted by Gasteiger charge is 2.18. The molecule has 0 spiro atoms. The number of benzene rings is 1. The molecule has 0 saturated heterocycles. The fraction of sp³-hybridized carbons (Fsp3) is 0.353. The standard InChI is InChI=1S/C17H20Cl2N2/c1-3-8-20-16(13-7-5-6-12(4-2)9-13)17-15(19)10-14(18)11-21-17/h5-7,9-11,16,20H,3-4,8H2,1-2H3. The average Bonchev–Trinajstić information content (AvgIpc) is 2.49. The second-order valence-corrected chi connectivity index (χ2v) is 5.85. The van der Waals surface area contributed by atoms with Gasteiger partial charge in [-0.15, -0.1) is 0 Å². The van der Waals surface area contributed by atoms with Gasteiger partial charge in [0.2, 0.25) is 0 Å². The van der Waals surface area contributed by atoms with Crippen LogP contribution in [0.4, 0.5) is 0 Å². The number of nitrogens with zero attached hydrogens (tertiary/aromatic N) is 1. The number of nitrogens with one attached hydrogen (secondary N) is 1. The third kappa shape index (κ3) is 4.19. The molecule has 1 aromatic carbocycles. The molecule has 0 radical (unpaired) electrons. The summed E-state index contributed by atoms with van der Waals surface area (Å²) in [6.07, 6.45) is 3.71. The van der Waals surface area contributed by atoms with Crippen LogP contribution >= 0.6 is 23.2 Å². The monoisotopic (exact) mass is 322 g/mol. The van der Waals surface area contributed by atoms with E-state index in [2.05, 4.69) is 48.4 Å². The number of hydrogen-bond donors (Lipinski definition) is 1. The largest absolute Gasteiger partial charge is 0.305 e. The summed E-state index contributed by atoms with van der Waals surface area (Å²) >= 11 is 12.3. The third-order valence-corrected chi connectivity index (χ3v) is 3.91. The summed E-state index contributed by atoms with van der Waals surface area (Å²) in [5.74, 6) is 0. The van der Waals surface area contributed by atoms with Crippen LogP contribution < -0.4 is 5.32 Å². The quantitative estimate of drug-likeness (QED) is 0.805. The highest BCUT2D eigenvalue weighted by Crippen LogP contribution is 2.29. The van der Waals surface area contributed by atoms with Gasteiger partial charge in [0.15, 0.2) is 0 Å². The Labute approximate surface area is 136 Å². The van der Waals surface area contributed by atoms with Gasteiger partial charge in [0.25, 0.3) is 0 Å². The highest BCUT2D eigenvalue weighted by molar-refractivity contribution is 6.34. The maximum absolute atomic E-state index is 6.34. The zero-order valence-electron chi connectivity index (χ0n) is 12.4. The molecule has 0 aliphatic heterocycles. The first kappa shape index (κ1) is 16.3. The summed E-state index contributed by atoms with van der Waals surface area (Å²) in [5.41, 5.74) is 3.31. The van der Waals surface area contributed by atoms with Crippen LogP contribution in [0.2, 0.25) is 10.0 Å². The van der Waals surface area contributed by atoms with E-state index < -0.39 is 0 Å². The number of hydrogen-bond acceptors (Lipinski definition) is 2. The van der Waals surface area contributed by atoms with Gasteiger partial charge < -0.3 is 5.32 Å². The van der Waals surface area contributed by atoms with Gasteiger partial charge in [0.1, 0.15) is 0 Å². The van der Waals surface area contributed by atoms with Crippen molar-refractivity contribution in [3.63, 3.8) is 0 Å². The van der Waals surface area contributed by atoms with Crippen LogP contribution in [-0.4, -0.2) is 11.5 Å². The number of rotatable bonds is 6. The lowest BCUT2D eigenvalue weighted by atomic mass is 9.99. The zero-order valence-corrected chi connectivity index (χ0v) is 13.9. The third-order valence-electron chi connectivity index (χ3n) is 3.40. The van der Waals surface area contributed by atoms with Crippen molar-refractivity contribution < 1.29 is 0 Å². The van der Waals surface area contributed by atoms with Crippen LogP contribution in [-0.2, 0) is 6.42 Å². The molecule has 0 aliphatic rings. The van der Waals surface area contributed by atoms with E-state index in [1.54, 1.807) is 12.3 Å². The Morgan fingerprint density at radius 1 is 1.19 bits per heavy atom. The van der Waals surface area contributed by atoms with Gasteiger partial charge >= 0.3 is 0 Å². The molecule has 4 heteroatoms. The van der Waals surface area contributed by atoms with Crippen LogP contribution in [0.15, 0.2) is 36.5 Å². The van der Waals surface area contributed by atoms with Crippen LogP contribution in [0.1, 0.15) is 43.1 Å². The van der Waals surface area contributed by atoms with E-state index in [4.69, 9.17) is 23.2 Å². The summed E-state index contributed by atoms with van der Waals surface area (Å²) in [4.78, 5) is 4.44. The van der Waals surface area contributed by atoms with Gasteiger partial charge in [0, 0.05) is 6.20 Å². The number of aryl methyl sites for hydroxylation is 1. The molecule has 21 heavy (non-hydrogen) atoms. The fourth-order valence-corrected chi connectivity index (χ4v) is 2.78. The molecule has 2 rings (SSSR count). The minimum atomic E-state index is -0.0128. The lowest BCUT2D eigenvalue weighted by Crippen LogP contribution is -2.24. The molecule has 0 aliphatic carbocycles. The summed E-state index contributed by atoms with van der Waals surface area (Å²) in [5, 5.41) is 4.67. The molecule has 0 saturated carbocycles. The summed E-state index contributed by atoms with van der Waals surface area (Å²) in [6, 6.07) is 10.3. The SMILES string of the molecule is CCCNC(c1cccc(CC)c1)c1ncc(Cl)cc1Cl. The lowest BCUT2D eigenvalue weighted by molar-refractivity contribution is 0.586. The van der Waals surface area contributed by atoms with Gasteiger partial charge in [-0.05, 0) is 36.6 Å². The van der Waals surface area contributed by atoms with Gasteiger partial charge in [-0.1, -0.05) is 61.3 Å². The van der Waals surface area contributed by atoms with Crippen LogP contribution in [0.5, 0.6) is 0 Å². The molecule has 1 heterocycles. The van der Waals surface area contributed by atoms with Gasteiger partial charge in [-0.3, -0.25) is 4.98 Å². The fourth-order valence-electron chi connectivity index (χ4n) is 2.29. The molecule has 1 unspecified atom stereocenters. The molecule has 2 nitrogen and oxygen atoms in total. The molecule has 2 aromatic rings. The summed E-state index contributed by atoms with van der Waals surface area (Å²) in [7, 11) is 0. The summed E-state index contributed by atoms with van der Waals surface area (Å²) in [6.45, 7) is 5.20. The normalized spacial score (nSPS) is 12.4. The Kier molecular flexibility index (Phi) is 6.04. The molecule has 0 bridgehead atoms. The van der Waals surface area contributed by atoms with Crippen molar-refractivity contribution in [1.82, 2.24) is 10.3 Å². The molecular weight excluding hydrogens is 303 g/mol. The van der Waals surface area contributed by atoms with Crippen molar-refractivity contribution in [1.29, 1.82) is 0 Å². The van der Waals surface area contributed by atoms with Crippen LogP contribution in [0.3, 0.4) is 0 Å². The number of aromatic nitrogens is 1. The van der Waals surface area contributed by atoms with E-state index >= 15 is 0 Å². The molecule has 1 aromatic heterocycles. The van der Waals surface area contributed by atoms with Crippen LogP contribution in [0, 0.1) is 0 Å². The topological polar surface area (TPSA) is 24.9 Å². The predicted molar refractivity (Wildman–Crippen MR) is 90.2 cm³/mol. The Bertz CT molecular complexity index is 599. The van der Waals surface area contributed by atoms with Crippen molar-refractivity contribution in [2.75, 3.05) is 6.54 Å². The van der Waals surface area contributed by atoms with E-state index in [9.17, 15) is 0 Å². The Hall–Kier alpha value is -1.09. The maximum Gasteiger partial charge on any atom is 0.0805 e. The van der Waals surface area contributed by atoms with E-state index in [-0.39, 0.29) is 6.04 Å². The average molecular weight is 323 g/mol. The molecule has 1 atom stereocenters. The van der Waals surface area contributed by atoms with E-state index in [0.29, 0.717) is 10.0 Å². The zero-order chi connectivity index (χ0) is 15.2. The van der Waals surface area contributed by atoms with Gasteiger partial charge in [0.05, 0.1) is 21.8 Å². The van der Waals surface area contributed by atoms with E-state index in [0.717, 1.165) is 25.1 Å². The van der Waals surface area contributed by atoms with Gasteiger partial charge in [-0.25, -0.2) is 0 Å². The minimum Gasteiger partial charge on any atom is -0.305 e. The van der Waals surface area contributed by atoms with Crippen LogP contribution in [0.25, 0.3) is 0 Å². The molecule has 0 fully saturated rings. The summed E-state index contributed by atoms with van der Waals surface area (Å²) < 4.78 is 0. The Morgan fingerprint density at radius 2 is 2.00 bits per heavy atom. The molecular formula is C17H20Cl2N2. The van der Waals surface area contributed by atoms with Crippen molar-refractivity contribution in [2.24, 2.45) is 0 Å². The second-order valence-electron chi connectivity index (χ2n) is 5.01. The van der Waals surface area contributed by atoms with Gasteiger partial charge in [-0.2, -0.15) is 0 Å². The predicted octanol–water partition coefficient (Wildman–Crippen LogP) is 5.04. The smallest absolute Gasteiger partial charge is 0.0805 e. The first-order valence-electron chi connectivity index (χ1n) is 7.28. The molecule has 112 valence electrons. The van der Waals surface area contributed by atoms with Crippen molar-refractivity contribution in [3.05, 3.63) is 63.4 Å². The Balaban J connectivity index is 2.41. The first-order valence-corrected chi connectivity index (χ1v) is 8.04. The first-order chi connectivity index (χ1) is 10.2. The number of pyridine rings is 1. The van der Waals surface area contributed by atoms with E-state index in [1.807, 2.05) is 0 Å². The maximum atomic E-state index is 6.34. The molecule has 1 N–H and O–H groups in total. The van der Waals surface area contributed by atoms with E-state index in [1.165, 1.54) is 11.1 Å². The van der Waals surface area contributed by atoms with Crippen molar-refractivity contribution in [3.8, 4) is 0 Å². The van der Waals surface area contributed by atoms with Crippen molar-refractivity contribution >= 4 is 23.2 Å². The highest BCUT2D eigenvalue weighted by atomic mass is 35.5. The lowest BCUT2D eigenvalue weighted by Gasteiger charge is -2.20.